The molecule has 3 heterocycles. The minimum absolute atomic E-state index is 0. The number of aliphatic imine (C=N–C) groups is 1. The maximum atomic E-state index is 11.9. The van der Waals surface area contributed by atoms with Crippen molar-refractivity contribution in [3.8, 4) is 0 Å². The van der Waals surface area contributed by atoms with Crippen LogP contribution in [-0.2, 0) is 16.1 Å². The number of carbonyl (C=O) groups excluding carboxylic acids is 1. The average Bonchev–Trinajstić information content (AvgIpc) is 3.45. The molecule has 2 aliphatic heterocycles. The molecule has 2 saturated heterocycles. The summed E-state index contributed by atoms with van der Waals surface area (Å²) >= 11 is 0. The number of carbonyl (C=O) groups is 1. The highest BCUT2D eigenvalue weighted by Crippen LogP contribution is 2.24. The van der Waals surface area contributed by atoms with Crippen LogP contribution in [0, 0.1) is 6.92 Å². The Kier molecular flexibility index (Phi) is 9.57. The number of aryl methyl sites for hydroxylation is 1. The molecule has 0 radical (unpaired) electrons. The van der Waals surface area contributed by atoms with Gasteiger partial charge >= 0.3 is 0 Å². The first-order valence-corrected chi connectivity index (χ1v) is 11.4. The van der Waals surface area contributed by atoms with E-state index in [0.29, 0.717) is 19.5 Å². The second-order valence-electron chi connectivity index (χ2n) is 8.23. The molecule has 2 fully saturated rings. The highest BCUT2D eigenvalue weighted by atomic mass is 127. The molecule has 0 bridgehead atoms. The van der Waals surface area contributed by atoms with Crippen LogP contribution < -0.4 is 15.5 Å². The summed E-state index contributed by atoms with van der Waals surface area (Å²) in [5.41, 5.74) is 2.11. The maximum absolute atomic E-state index is 11.9. The van der Waals surface area contributed by atoms with Gasteiger partial charge in [0, 0.05) is 51.9 Å². The van der Waals surface area contributed by atoms with E-state index in [1.54, 1.807) is 7.05 Å². The normalized spacial score (nSPS) is 18.2. The summed E-state index contributed by atoms with van der Waals surface area (Å²) in [5.74, 6) is 2.83. The Labute approximate surface area is 212 Å². The summed E-state index contributed by atoms with van der Waals surface area (Å²) in [6.45, 7) is 7.35. The van der Waals surface area contributed by atoms with Crippen LogP contribution in [0.4, 0.5) is 5.69 Å². The maximum Gasteiger partial charge on any atom is 0.227 e. The van der Waals surface area contributed by atoms with Gasteiger partial charge in [0.15, 0.2) is 5.96 Å². The highest BCUT2D eigenvalue weighted by molar-refractivity contribution is 14.0. The van der Waals surface area contributed by atoms with E-state index in [2.05, 4.69) is 38.7 Å². The average molecular weight is 567 g/mol. The Hall–Kier alpha value is -2.11. The molecule has 0 aliphatic carbocycles. The van der Waals surface area contributed by atoms with Crippen molar-refractivity contribution in [1.82, 2.24) is 15.5 Å². The zero-order valence-electron chi connectivity index (χ0n) is 19.4. The quantitative estimate of drug-likeness (QED) is 0.304. The number of amides is 1. The van der Waals surface area contributed by atoms with Crippen molar-refractivity contribution in [3.05, 3.63) is 53.5 Å². The summed E-state index contributed by atoms with van der Waals surface area (Å²) < 4.78 is 11.5. The molecule has 1 amide bonds. The minimum Gasteiger partial charge on any atom is -0.465 e. The first-order chi connectivity index (χ1) is 15.6. The number of morpholine rings is 1. The van der Waals surface area contributed by atoms with Crippen molar-refractivity contribution >= 4 is 41.5 Å². The fourth-order valence-corrected chi connectivity index (χ4v) is 4.25. The molecule has 1 aromatic carbocycles. The Bertz CT molecular complexity index is 924. The predicted molar refractivity (Wildman–Crippen MR) is 140 cm³/mol. The summed E-state index contributed by atoms with van der Waals surface area (Å²) in [6, 6.07) is 12.3. The van der Waals surface area contributed by atoms with Crippen LogP contribution in [0.5, 0.6) is 0 Å². The van der Waals surface area contributed by atoms with Gasteiger partial charge in [0.25, 0.3) is 0 Å². The van der Waals surface area contributed by atoms with E-state index in [-0.39, 0.29) is 35.9 Å². The topological polar surface area (TPSA) is 82.3 Å². The molecule has 1 unspecified atom stereocenters. The van der Waals surface area contributed by atoms with Gasteiger partial charge in [-0.25, -0.2) is 0 Å². The minimum atomic E-state index is 0. The molecular formula is C24H34IN5O3. The van der Waals surface area contributed by atoms with Crippen molar-refractivity contribution in [2.75, 3.05) is 51.3 Å². The molecule has 33 heavy (non-hydrogen) atoms. The number of nitrogens with zero attached hydrogens (tertiary/aromatic N) is 3. The van der Waals surface area contributed by atoms with Gasteiger partial charge in [-0.05, 0) is 43.2 Å². The Morgan fingerprint density at radius 2 is 1.85 bits per heavy atom. The third-order valence-corrected chi connectivity index (χ3v) is 6.04. The summed E-state index contributed by atoms with van der Waals surface area (Å²) in [5, 5.41) is 6.83. The molecule has 2 N–H and O–H groups in total. The monoisotopic (exact) mass is 567 g/mol. The summed E-state index contributed by atoms with van der Waals surface area (Å²) in [6.07, 6.45) is 1.58. The third kappa shape index (κ3) is 6.70. The zero-order valence-corrected chi connectivity index (χ0v) is 21.7. The molecule has 180 valence electrons. The van der Waals surface area contributed by atoms with Crippen LogP contribution in [0.25, 0.3) is 0 Å². The summed E-state index contributed by atoms with van der Waals surface area (Å²) in [7, 11) is 1.78. The largest absolute Gasteiger partial charge is 0.465 e. The lowest BCUT2D eigenvalue weighted by atomic mass is 10.1. The molecule has 2 aliphatic rings. The number of benzene rings is 1. The zero-order chi connectivity index (χ0) is 22.3. The molecule has 8 nitrogen and oxygen atoms in total. The van der Waals surface area contributed by atoms with Gasteiger partial charge < -0.3 is 24.7 Å². The molecule has 0 saturated carbocycles. The van der Waals surface area contributed by atoms with E-state index in [1.165, 1.54) is 0 Å². The highest BCUT2D eigenvalue weighted by Gasteiger charge is 2.25. The molecule has 0 spiro atoms. The van der Waals surface area contributed by atoms with Gasteiger partial charge in [-0.15, -0.1) is 24.0 Å². The SMILES string of the molecule is CN=C(NCc1ccc(N2CCCC2=O)cc1)NCC(c1ccc(C)o1)N1CCOCC1.I. The van der Waals surface area contributed by atoms with E-state index in [9.17, 15) is 4.79 Å². The van der Waals surface area contributed by atoms with Crippen LogP contribution in [0.3, 0.4) is 0 Å². The molecule has 1 aromatic heterocycles. The molecular weight excluding hydrogens is 533 g/mol. The van der Waals surface area contributed by atoms with Gasteiger partial charge in [0.1, 0.15) is 11.5 Å². The smallest absolute Gasteiger partial charge is 0.227 e. The van der Waals surface area contributed by atoms with Gasteiger partial charge in [0.2, 0.25) is 5.91 Å². The van der Waals surface area contributed by atoms with E-state index in [0.717, 1.165) is 68.0 Å². The van der Waals surface area contributed by atoms with Crippen LogP contribution in [0.2, 0.25) is 0 Å². The summed E-state index contributed by atoms with van der Waals surface area (Å²) in [4.78, 5) is 20.6. The second-order valence-corrected chi connectivity index (χ2v) is 8.23. The number of guanidine groups is 1. The molecule has 9 heteroatoms. The standard InChI is InChI=1S/C24H33N5O3.HI/c1-18-5-10-22(32-18)21(28-12-14-31-15-13-28)17-27-24(25-2)26-16-19-6-8-20(9-7-19)29-11-3-4-23(29)30;/h5-10,21H,3-4,11-17H2,1-2H3,(H2,25,26,27);1H. The van der Waals surface area contributed by atoms with Crippen molar-refractivity contribution in [1.29, 1.82) is 0 Å². The third-order valence-electron chi connectivity index (χ3n) is 6.04. The van der Waals surface area contributed by atoms with Crippen molar-refractivity contribution in [2.45, 2.75) is 32.4 Å². The lowest BCUT2D eigenvalue weighted by Crippen LogP contribution is -2.46. The number of hydrogen-bond acceptors (Lipinski definition) is 5. The molecule has 2 aromatic rings. The van der Waals surface area contributed by atoms with E-state index >= 15 is 0 Å². The number of ether oxygens (including phenoxy) is 1. The van der Waals surface area contributed by atoms with Gasteiger partial charge in [-0.3, -0.25) is 14.7 Å². The van der Waals surface area contributed by atoms with Crippen molar-refractivity contribution in [2.24, 2.45) is 4.99 Å². The van der Waals surface area contributed by atoms with Crippen LogP contribution in [0.1, 0.15) is 36.0 Å². The van der Waals surface area contributed by atoms with Crippen LogP contribution >= 0.6 is 24.0 Å². The lowest BCUT2D eigenvalue weighted by Gasteiger charge is -2.33. The van der Waals surface area contributed by atoms with E-state index in [4.69, 9.17) is 9.15 Å². The number of hydrogen-bond donors (Lipinski definition) is 2. The Morgan fingerprint density at radius 1 is 1.09 bits per heavy atom. The number of anilines is 1. The second kappa shape index (κ2) is 12.4. The first-order valence-electron chi connectivity index (χ1n) is 11.4. The van der Waals surface area contributed by atoms with E-state index in [1.807, 2.05) is 30.0 Å². The first kappa shape index (κ1) is 25.5. The molecule has 4 rings (SSSR count). The lowest BCUT2D eigenvalue weighted by molar-refractivity contribution is -0.117. The number of halogens is 1. The number of furan rings is 1. The van der Waals surface area contributed by atoms with Gasteiger partial charge in [-0.1, -0.05) is 12.1 Å². The fourth-order valence-electron chi connectivity index (χ4n) is 4.25. The van der Waals surface area contributed by atoms with Crippen LogP contribution in [-0.4, -0.2) is 63.2 Å². The Balaban J connectivity index is 0.00000306. The van der Waals surface area contributed by atoms with E-state index < -0.39 is 0 Å². The number of rotatable bonds is 7. The fraction of sp³-hybridized carbons (Fsp3) is 0.500. The van der Waals surface area contributed by atoms with Gasteiger partial charge in [0.05, 0.1) is 19.3 Å². The van der Waals surface area contributed by atoms with Gasteiger partial charge in [-0.2, -0.15) is 0 Å². The van der Waals surface area contributed by atoms with Crippen LogP contribution in [0.15, 0.2) is 45.8 Å². The van der Waals surface area contributed by atoms with Crippen molar-refractivity contribution in [3.63, 3.8) is 0 Å². The Morgan fingerprint density at radius 3 is 2.45 bits per heavy atom. The number of nitrogens with one attached hydrogen (secondary N) is 2. The van der Waals surface area contributed by atoms with Crippen molar-refractivity contribution < 1.29 is 13.9 Å². The predicted octanol–water partition coefficient (Wildman–Crippen LogP) is 3.07. The molecule has 1 atom stereocenters.